The third kappa shape index (κ3) is 6.27. The second-order valence-corrected chi connectivity index (χ2v) is 11.0. The van der Waals surface area contributed by atoms with E-state index in [-0.39, 0.29) is 5.56 Å². The van der Waals surface area contributed by atoms with Crippen LogP contribution in [0, 0.1) is 0 Å². The molecule has 43 heavy (non-hydrogen) atoms. The van der Waals surface area contributed by atoms with Crippen LogP contribution in [0.4, 0.5) is 0 Å². The van der Waals surface area contributed by atoms with Crippen LogP contribution in [0.25, 0.3) is 39.4 Å². The Hall–Kier alpha value is -5.02. The van der Waals surface area contributed by atoms with Gasteiger partial charge in [0, 0.05) is 22.9 Å². The van der Waals surface area contributed by atoms with Crippen molar-refractivity contribution in [2.24, 2.45) is 0 Å². The quantitative estimate of drug-likeness (QED) is 0.122. The zero-order chi connectivity index (χ0) is 29.6. The first-order valence-electron chi connectivity index (χ1n) is 14.3. The molecule has 0 aliphatic heterocycles. The predicted molar refractivity (Wildman–Crippen MR) is 171 cm³/mol. The minimum atomic E-state index is -0.221. The maximum absolute atomic E-state index is 13.4. The van der Waals surface area contributed by atoms with Crippen molar-refractivity contribution in [1.29, 1.82) is 0 Å². The van der Waals surface area contributed by atoms with Crippen LogP contribution in [-0.4, -0.2) is 37.6 Å². The summed E-state index contributed by atoms with van der Waals surface area (Å²) in [6.07, 6.45) is 8.84. The van der Waals surface area contributed by atoms with Gasteiger partial charge in [-0.15, -0.1) is 5.10 Å². The number of benzene rings is 3. The van der Waals surface area contributed by atoms with E-state index in [2.05, 4.69) is 23.6 Å². The van der Waals surface area contributed by atoms with E-state index in [0.29, 0.717) is 28.5 Å². The van der Waals surface area contributed by atoms with Crippen molar-refractivity contribution in [3.63, 3.8) is 0 Å². The second kappa shape index (κ2) is 12.9. The minimum absolute atomic E-state index is 0.221. The first-order valence-corrected chi connectivity index (χ1v) is 15.1. The Morgan fingerprint density at radius 3 is 2.30 bits per heavy atom. The molecule has 0 bridgehead atoms. The number of nitrogens with zero attached hydrogens (tertiary/aromatic N) is 5. The zero-order valence-corrected chi connectivity index (χ0v) is 24.7. The minimum Gasteiger partial charge on any atom is -0.494 e. The van der Waals surface area contributed by atoms with Crippen LogP contribution in [0.15, 0.2) is 103 Å². The van der Waals surface area contributed by atoms with E-state index in [1.807, 2.05) is 95.8 Å². The number of unbranched alkanes of at least 4 members (excludes halogenated alkanes) is 2. The number of fused-ring (bicyclic) bond motifs is 1. The Morgan fingerprint density at radius 1 is 0.884 bits per heavy atom. The topological polar surface area (TPSA) is 83.5 Å². The molecule has 0 saturated heterocycles. The van der Waals surface area contributed by atoms with Crippen LogP contribution in [0.3, 0.4) is 0 Å². The lowest BCUT2D eigenvalue weighted by molar-refractivity contribution is 0.306. The molecule has 8 nitrogen and oxygen atoms in total. The van der Waals surface area contributed by atoms with E-state index in [1.165, 1.54) is 15.9 Å². The summed E-state index contributed by atoms with van der Waals surface area (Å²) in [5, 5.41) is 9.41. The Kier molecular flexibility index (Phi) is 8.42. The standard InChI is InChI=1S/C34H31N5O3S/c1-3-5-9-21-42-29-18-14-25(15-19-29)32-35-34-39(37-32)33(40)30(43-34)22-26-23-38(27-10-7-6-8-11-27)36-31(26)24-12-16-28(17-13-24)41-20-4-2/h4,6-8,10-19,22-23H,2-3,5,9,20-21H2,1H3/b30-22+. The molecule has 0 N–H and O–H groups in total. The fourth-order valence-electron chi connectivity index (χ4n) is 4.63. The molecular weight excluding hydrogens is 558 g/mol. The summed E-state index contributed by atoms with van der Waals surface area (Å²) in [6.45, 7) is 7.00. The van der Waals surface area contributed by atoms with E-state index < -0.39 is 0 Å². The normalized spacial score (nSPS) is 11.7. The van der Waals surface area contributed by atoms with Crippen molar-refractivity contribution in [3.05, 3.63) is 118 Å². The summed E-state index contributed by atoms with van der Waals surface area (Å²) in [5.41, 5.74) is 3.98. The average Bonchev–Trinajstić information content (AvgIpc) is 3.74. The van der Waals surface area contributed by atoms with Gasteiger partial charge in [0.1, 0.15) is 23.8 Å². The van der Waals surface area contributed by atoms with Crippen molar-refractivity contribution in [3.8, 4) is 39.8 Å². The summed E-state index contributed by atoms with van der Waals surface area (Å²) in [5.74, 6) is 2.06. The van der Waals surface area contributed by atoms with Crippen LogP contribution in [-0.2, 0) is 0 Å². The molecule has 0 radical (unpaired) electrons. The molecule has 0 saturated carbocycles. The van der Waals surface area contributed by atoms with Crippen molar-refractivity contribution >= 4 is 22.4 Å². The number of hydrogen-bond acceptors (Lipinski definition) is 7. The largest absolute Gasteiger partial charge is 0.494 e. The van der Waals surface area contributed by atoms with Crippen molar-refractivity contribution in [2.75, 3.05) is 13.2 Å². The molecule has 3 heterocycles. The van der Waals surface area contributed by atoms with Crippen molar-refractivity contribution < 1.29 is 9.47 Å². The maximum atomic E-state index is 13.4. The third-order valence-corrected chi connectivity index (χ3v) is 7.82. The van der Waals surface area contributed by atoms with Crippen LogP contribution >= 0.6 is 11.3 Å². The first-order chi connectivity index (χ1) is 21.1. The SMILES string of the molecule is C=CCOc1ccc(-c2nn(-c3ccccc3)cc2/C=c2/sc3nc(-c4ccc(OCCCCC)cc4)nn3c2=O)cc1. The van der Waals surface area contributed by atoms with Gasteiger partial charge in [-0.25, -0.2) is 4.68 Å². The van der Waals surface area contributed by atoms with E-state index in [0.717, 1.165) is 58.8 Å². The van der Waals surface area contributed by atoms with Gasteiger partial charge in [-0.1, -0.05) is 62.0 Å². The van der Waals surface area contributed by atoms with Crippen LogP contribution in [0.2, 0.25) is 0 Å². The highest BCUT2D eigenvalue weighted by molar-refractivity contribution is 7.15. The molecule has 0 atom stereocenters. The Bertz CT molecular complexity index is 1940. The van der Waals surface area contributed by atoms with E-state index >= 15 is 0 Å². The predicted octanol–water partition coefficient (Wildman–Crippen LogP) is 6.35. The van der Waals surface area contributed by atoms with Gasteiger partial charge in [0.05, 0.1) is 16.8 Å². The summed E-state index contributed by atoms with van der Waals surface area (Å²) in [7, 11) is 0. The van der Waals surface area contributed by atoms with Crippen LogP contribution in [0.5, 0.6) is 11.5 Å². The highest BCUT2D eigenvalue weighted by Crippen LogP contribution is 2.27. The van der Waals surface area contributed by atoms with Gasteiger partial charge in [0.25, 0.3) is 5.56 Å². The molecule has 6 rings (SSSR count). The van der Waals surface area contributed by atoms with Crippen molar-refractivity contribution in [2.45, 2.75) is 26.2 Å². The number of rotatable bonds is 12. The number of hydrogen-bond donors (Lipinski definition) is 0. The molecule has 3 aromatic heterocycles. The van der Waals surface area contributed by atoms with Crippen LogP contribution in [0.1, 0.15) is 31.7 Å². The highest BCUT2D eigenvalue weighted by atomic mass is 32.1. The molecule has 216 valence electrons. The molecule has 3 aromatic carbocycles. The lowest BCUT2D eigenvalue weighted by atomic mass is 10.1. The Morgan fingerprint density at radius 2 is 1.60 bits per heavy atom. The lowest BCUT2D eigenvalue weighted by Crippen LogP contribution is -2.23. The van der Waals surface area contributed by atoms with Crippen LogP contribution < -0.4 is 19.6 Å². The monoisotopic (exact) mass is 589 g/mol. The average molecular weight is 590 g/mol. The summed E-state index contributed by atoms with van der Waals surface area (Å²) < 4.78 is 15.2. The number of para-hydroxylation sites is 1. The first kappa shape index (κ1) is 28.1. The van der Waals surface area contributed by atoms with E-state index in [9.17, 15) is 4.79 Å². The van der Waals surface area contributed by atoms with Gasteiger partial charge in [0.2, 0.25) is 4.96 Å². The Labute approximate surface area is 253 Å². The number of aromatic nitrogens is 5. The van der Waals surface area contributed by atoms with Crippen molar-refractivity contribution in [1.82, 2.24) is 24.4 Å². The van der Waals surface area contributed by atoms with E-state index in [1.54, 1.807) is 6.08 Å². The van der Waals surface area contributed by atoms with Gasteiger partial charge in [-0.05, 0) is 73.2 Å². The molecule has 0 spiro atoms. The Balaban J connectivity index is 1.32. The van der Waals surface area contributed by atoms with Gasteiger partial charge in [-0.2, -0.15) is 14.6 Å². The molecule has 9 heteroatoms. The number of thiazole rings is 1. The fourth-order valence-corrected chi connectivity index (χ4v) is 5.53. The highest BCUT2D eigenvalue weighted by Gasteiger charge is 2.15. The second-order valence-electron chi connectivity index (χ2n) is 9.96. The molecule has 0 aliphatic rings. The van der Waals surface area contributed by atoms with Gasteiger partial charge in [-0.3, -0.25) is 4.79 Å². The molecule has 0 fully saturated rings. The number of ether oxygens (including phenoxy) is 2. The maximum Gasteiger partial charge on any atom is 0.291 e. The van der Waals surface area contributed by atoms with E-state index in [4.69, 9.17) is 14.6 Å². The molecule has 0 amide bonds. The van der Waals surface area contributed by atoms with Gasteiger partial charge >= 0.3 is 0 Å². The molecule has 0 unspecified atom stereocenters. The zero-order valence-electron chi connectivity index (χ0n) is 23.8. The smallest absolute Gasteiger partial charge is 0.291 e. The van der Waals surface area contributed by atoms with Gasteiger partial charge < -0.3 is 9.47 Å². The molecule has 0 aliphatic carbocycles. The van der Waals surface area contributed by atoms with Gasteiger partial charge in [0.15, 0.2) is 5.82 Å². The fraction of sp³-hybridized carbons (Fsp3) is 0.176. The summed E-state index contributed by atoms with van der Waals surface area (Å²) in [6, 6.07) is 25.3. The third-order valence-electron chi connectivity index (χ3n) is 6.86. The molecular formula is C34H31N5O3S. The summed E-state index contributed by atoms with van der Waals surface area (Å²) >= 11 is 1.30. The molecule has 6 aromatic rings. The summed E-state index contributed by atoms with van der Waals surface area (Å²) in [4.78, 5) is 18.6. The lowest BCUT2D eigenvalue weighted by Gasteiger charge is -2.05.